The van der Waals surface area contributed by atoms with Crippen LogP contribution in [-0.2, 0) is 14.9 Å². The van der Waals surface area contributed by atoms with Gasteiger partial charge < -0.3 is 10.1 Å². The first kappa shape index (κ1) is 21.7. The third kappa shape index (κ3) is 2.95. The van der Waals surface area contributed by atoms with Crippen LogP contribution in [0.15, 0.2) is 0 Å². The van der Waals surface area contributed by atoms with Gasteiger partial charge in [0.15, 0.2) is 0 Å². The second-order valence-electron chi connectivity index (χ2n) is 8.70. The van der Waals surface area contributed by atoms with E-state index >= 15 is 0 Å². The Labute approximate surface area is 181 Å². The summed E-state index contributed by atoms with van der Waals surface area (Å²) in [5.74, 6) is -0.730. The first-order valence-corrected chi connectivity index (χ1v) is 10.7. The van der Waals surface area contributed by atoms with Gasteiger partial charge in [-0.05, 0) is 36.8 Å². The molecule has 1 amide bonds. The highest BCUT2D eigenvalue weighted by Crippen LogP contribution is 2.58. The Balaban J connectivity index is 2.35. The van der Waals surface area contributed by atoms with Gasteiger partial charge in [-0.3, -0.25) is 9.59 Å². The van der Waals surface area contributed by atoms with Crippen molar-refractivity contribution in [1.82, 2.24) is 5.32 Å². The maximum Gasteiger partial charge on any atom is 0.311 e. The third-order valence-corrected chi connectivity index (χ3v) is 8.04. The molecule has 3 atom stereocenters. The molecular formula is C21H26Cl3NO3. The van der Waals surface area contributed by atoms with E-state index in [4.69, 9.17) is 39.5 Å². The minimum absolute atomic E-state index is 0.00847. The summed E-state index contributed by atoms with van der Waals surface area (Å²) in [4.78, 5) is 25.8. The Hall–Kier alpha value is -0.970. The van der Waals surface area contributed by atoms with Crippen LogP contribution in [0.1, 0.15) is 74.4 Å². The Kier molecular flexibility index (Phi) is 5.72. The molecule has 1 heterocycles. The van der Waals surface area contributed by atoms with E-state index in [9.17, 15) is 9.59 Å². The fraction of sp³-hybridized carbons (Fsp3) is 0.619. The van der Waals surface area contributed by atoms with Gasteiger partial charge in [-0.25, -0.2) is 0 Å². The molecule has 7 heteroatoms. The zero-order valence-corrected chi connectivity index (χ0v) is 19.1. The Bertz CT molecular complexity index is 854. The van der Waals surface area contributed by atoms with Gasteiger partial charge in [-0.15, -0.1) is 0 Å². The van der Waals surface area contributed by atoms with Crippen LogP contribution in [0, 0.1) is 11.3 Å². The van der Waals surface area contributed by atoms with Gasteiger partial charge in [0.1, 0.15) is 0 Å². The summed E-state index contributed by atoms with van der Waals surface area (Å²) >= 11 is 20.2. The number of carbonyl (C=O) groups excluding carboxylic acids is 2. The maximum absolute atomic E-state index is 13.1. The van der Waals surface area contributed by atoms with Crippen LogP contribution in [0.2, 0.25) is 15.1 Å². The molecular weight excluding hydrogens is 421 g/mol. The van der Waals surface area contributed by atoms with Crippen LogP contribution in [0.5, 0.6) is 0 Å². The standard InChI is InChI=1S/C21H26Cl3NO3/c1-10(2)12-15(22)13-14(17(24)16(12)23)20(3)7-6-8-21(4,19(27)28-5)11(20)9-25-18(13)26/h10-11H,6-9H2,1-5H3,(H,25,26)/t11-,20+,21-/m1/s1. The number of methoxy groups -OCH3 is 1. The molecule has 1 N–H and O–H groups in total. The molecule has 1 aliphatic carbocycles. The van der Waals surface area contributed by atoms with Gasteiger partial charge in [0.25, 0.3) is 5.91 Å². The van der Waals surface area contributed by atoms with Crippen molar-refractivity contribution < 1.29 is 14.3 Å². The lowest BCUT2D eigenvalue weighted by Gasteiger charge is -2.50. The summed E-state index contributed by atoms with van der Waals surface area (Å²) < 4.78 is 5.13. The highest BCUT2D eigenvalue weighted by atomic mass is 35.5. The highest BCUT2D eigenvalue weighted by Gasteiger charge is 2.57. The topological polar surface area (TPSA) is 55.4 Å². The average Bonchev–Trinajstić information content (AvgIpc) is 2.74. The molecule has 28 heavy (non-hydrogen) atoms. The summed E-state index contributed by atoms with van der Waals surface area (Å²) in [6.07, 6.45) is 2.28. The first-order valence-electron chi connectivity index (χ1n) is 9.58. The van der Waals surface area contributed by atoms with Crippen molar-refractivity contribution in [3.63, 3.8) is 0 Å². The first-order chi connectivity index (χ1) is 13.0. The normalized spacial score (nSPS) is 29.6. The van der Waals surface area contributed by atoms with Gasteiger partial charge in [-0.1, -0.05) is 62.0 Å². The van der Waals surface area contributed by atoms with E-state index in [2.05, 4.69) is 12.2 Å². The number of fused-ring (bicyclic) bond motifs is 3. The number of benzene rings is 1. The molecule has 3 rings (SSSR count). The molecule has 0 spiro atoms. The fourth-order valence-corrected chi connectivity index (χ4v) is 6.68. The van der Waals surface area contributed by atoms with E-state index in [0.29, 0.717) is 44.7 Å². The zero-order valence-electron chi connectivity index (χ0n) is 16.8. The van der Waals surface area contributed by atoms with Crippen LogP contribution in [-0.4, -0.2) is 25.5 Å². The van der Waals surface area contributed by atoms with Gasteiger partial charge in [0.2, 0.25) is 0 Å². The third-order valence-electron chi connectivity index (χ3n) is 6.78. The number of amides is 1. The number of ether oxygens (including phenoxy) is 1. The quantitative estimate of drug-likeness (QED) is 0.465. The van der Waals surface area contributed by atoms with Gasteiger partial charge in [-0.2, -0.15) is 0 Å². The summed E-state index contributed by atoms with van der Waals surface area (Å²) in [5.41, 5.74) is 0.434. The summed E-state index contributed by atoms with van der Waals surface area (Å²) in [5, 5.41) is 4.08. The van der Waals surface area contributed by atoms with Gasteiger partial charge in [0, 0.05) is 17.9 Å². The van der Waals surface area contributed by atoms with Crippen molar-refractivity contribution in [2.45, 2.75) is 58.3 Å². The molecule has 1 aromatic carbocycles. The molecule has 0 aromatic heterocycles. The number of hydrogen-bond acceptors (Lipinski definition) is 3. The SMILES string of the molecule is COC(=O)[C@]1(C)CCC[C@]2(C)c3c(Cl)c(Cl)c(C(C)C)c(Cl)c3C(=O)NC[C@@H]12. The molecule has 154 valence electrons. The van der Waals surface area contributed by atoms with E-state index in [1.165, 1.54) is 7.11 Å². The monoisotopic (exact) mass is 445 g/mol. The van der Waals surface area contributed by atoms with Crippen molar-refractivity contribution in [2.75, 3.05) is 13.7 Å². The van der Waals surface area contributed by atoms with Gasteiger partial charge in [0.05, 0.1) is 33.2 Å². The lowest BCUT2D eigenvalue weighted by molar-refractivity contribution is -0.160. The largest absolute Gasteiger partial charge is 0.469 e. The summed E-state index contributed by atoms with van der Waals surface area (Å²) in [6, 6.07) is 0. The Morgan fingerprint density at radius 1 is 1.14 bits per heavy atom. The number of hydrogen-bond donors (Lipinski definition) is 1. The summed E-state index contributed by atoms with van der Waals surface area (Å²) in [7, 11) is 1.40. The number of nitrogens with one attached hydrogen (secondary N) is 1. The predicted octanol–water partition coefficient (Wildman–Crippen LogP) is 5.75. The second-order valence-corrected chi connectivity index (χ2v) is 9.84. The van der Waals surface area contributed by atoms with Crippen molar-refractivity contribution in [2.24, 2.45) is 11.3 Å². The number of rotatable bonds is 2. The van der Waals surface area contributed by atoms with E-state index in [0.717, 1.165) is 12.8 Å². The second kappa shape index (κ2) is 7.37. The van der Waals surface area contributed by atoms with Crippen molar-refractivity contribution in [3.05, 3.63) is 31.8 Å². The molecule has 0 radical (unpaired) electrons. The zero-order chi connectivity index (χ0) is 21.0. The molecule has 1 fully saturated rings. The van der Waals surface area contributed by atoms with Gasteiger partial charge >= 0.3 is 5.97 Å². The summed E-state index contributed by atoms with van der Waals surface area (Å²) in [6.45, 7) is 8.24. The predicted molar refractivity (Wildman–Crippen MR) is 113 cm³/mol. The molecule has 4 nitrogen and oxygen atoms in total. The molecule has 0 saturated heterocycles. The highest BCUT2D eigenvalue weighted by molar-refractivity contribution is 6.46. The lowest BCUT2D eigenvalue weighted by atomic mass is 9.53. The van der Waals surface area contributed by atoms with E-state index in [1.807, 2.05) is 20.8 Å². The smallest absolute Gasteiger partial charge is 0.311 e. The van der Waals surface area contributed by atoms with Crippen LogP contribution in [0.3, 0.4) is 0 Å². The number of esters is 1. The van der Waals surface area contributed by atoms with Crippen LogP contribution < -0.4 is 5.32 Å². The molecule has 0 unspecified atom stereocenters. The van der Waals surface area contributed by atoms with Crippen LogP contribution >= 0.6 is 34.8 Å². The van der Waals surface area contributed by atoms with Crippen molar-refractivity contribution >= 4 is 46.7 Å². The fourth-order valence-electron chi connectivity index (χ4n) is 5.32. The van der Waals surface area contributed by atoms with E-state index < -0.39 is 10.8 Å². The van der Waals surface area contributed by atoms with Crippen LogP contribution in [0.25, 0.3) is 0 Å². The molecule has 1 aliphatic heterocycles. The van der Waals surface area contributed by atoms with Crippen molar-refractivity contribution in [1.29, 1.82) is 0 Å². The minimum atomic E-state index is -0.740. The van der Waals surface area contributed by atoms with Crippen LogP contribution in [0.4, 0.5) is 0 Å². The maximum atomic E-state index is 13.1. The van der Waals surface area contributed by atoms with E-state index in [-0.39, 0.29) is 23.7 Å². The Morgan fingerprint density at radius 3 is 2.36 bits per heavy atom. The van der Waals surface area contributed by atoms with E-state index in [1.54, 1.807) is 0 Å². The molecule has 0 bridgehead atoms. The number of halogens is 3. The molecule has 1 saturated carbocycles. The average molecular weight is 447 g/mol. The minimum Gasteiger partial charge on any atom is -0.469 e. The number of carbonyl (C=O) groups is 2. The lowest BCUT2D eigenvalue weighted by Crippen LogP contribution is -2.53. The molecule has 2 aliphatic rings. The Morgan fingerprint density at radius 2 is 1.79 bits per heavy atom. The van der Waals surface area contributed by atoms with Crippen molar-refractivity contribution in [3.8, 4) is 0 Å². The molecule has 1 aromatic rings.